The molecule has 0 fully saturated rings. The molecule has 200 valence electrons. The van der Waals surface area contributed by atoms with Crippen LogP contribution in [-0.4, -0.2) is 0 Å². The summed E-state index contributed by atoms with van der Waals surface area (Å²) in [7, 11) is 0. The largest absolute Gasteiger partial charge is 0.137 e. The molecule has 0 aromatic heterocycles. The zero-order valence-corrected chi connectivity index (χ0v) is 26.4. The van der Waals surface area contributed by atoms with Crippen LogP contribution >= 0.6 is 81.4 Å². The maximum absolute atomic E-state index is 6.78. The van der Waals surface area contributed by atoms with Gasteiger partial charge in [-0.3, -0.25) is 0 Å². The Labute approximate surface area is 264 Å². The number of rotatable bonds is 8. The van der Waals surface area contributed by atoms with Gasteiger partial charge in [0.25, 0.3) is 0 Å². The molecule has 0 saturated heterocycles. The van der Waals surface area contributed by atoms with E-state index in [2.05, 4.69) is 36.4 Å². The second-order valence-electron chi connectivity index (χ2n) is 9.08. The summed E-state index contributed by atoms with van der Waals surface area (Å²) < 4.78 is 0. The summed E-state index contributed by atoms with van der Waals surface area (Å²) in [5, 5.41) is 3.46. The van der Waals surface area contributed by atoms with Crippen molar-refractivity contribution in [1.82, 2.24) is 0 Å². The Morgan fingerprint density at radius 1 is 0.513 bits per heavy atom. The number of hydrogen-bond donors (Lipinski definition) is 0. The molecule has 2 atom stereocenters. The fraction of sp³-hybridized carbons (Fsp3) is 0.125. The zero-order valence-electron chi connectivity index (χ0n) is 21.1. The number of thioether (sulfide) groups is 1. The number of aryl methyl sites for hydroxylation is 2. The fourth-order valence-electron chi connectivity index (χ4n) is 3.98. The molecular weight excluding hydrogens is 629 g/mol. The van der Waals surface area contributed by atoms with Crippen LogP contribution < -0.4 is 0 Å². The molecule has 0 spiro atoms. The molecule has 4 aromatic carbocycles. The van der Waals surface area contributed by atoms with E-state index in [1.807, 2.05) is 62.4 Å². The Hall–Kier alpha value is -1.55. The lowest BCUT2D eigenvalue weighted by Gasteiger charge is -2.22. The number of benzene rings is 4. The smallest absolute Gasteiger partial charge is 0.0504 e. The Kier molecular flexibility index (Phi) is 10.8. The van der Waals surface area contributed by atoms with E-state index in [-0.39, 0.29) is 10.5 Å². The summed E-state index contributed by atoms with van der Waals surface area (Å²) in [5.74, 6) is 0. The van der Waals surface area contributed by atoms with E-state index in [9.17, 15) is 0 Å². The van der Waals surface area contributed by atoms with Gasteiger partial charge in [0.1, 0.15) is 0 Å². The predicted molar refractivity (Wildman–Crippen MR) is 176 cm³/mol. The second-order valence-corrected chi connectivity index (χ2v) is 12.9. The first-order valence-electron chi connectivity index (χ1n) is 12.0. The van der Waals surface area contributed by atoms with Crippen molar-refractivity contribution in [1.29, 1.82) is 0 Å². The zero-order chi connectivity index (χ0) is 28.1. The second kappa shape index (κ2) is 13.9. The highest BCUT2D eigenvalue weighted by atomic mass is 35.5. The molecule has 2 unspecified atom stereocenters. The van der Waals surface area contributed by atoms with Crippen molar-refractivity contribution >= 4 is 93.5 Å². The molecule has 7 heteroatoms. The average Bonchev–Trinajstić information content (AvgIpc) is 2.86. The van der Waals surface area contributed by atoms with Crippen LogP contribution in [0.3, 0.4) is 0 Å². The van der Waals surface area contributed by atoms with Crippen molar-refractivity contribution in [2.75, 3.05) is 0 Å². The molecule has 0 amide bonds. The highest BCUT2D eigenvalue weighted by molar-refractivity contribution is 8.00. The van der Waals surface area contributed by atoms with Crippen molar-refractivity contribution in [3.63, 3.8) is 0 Å². The molecule has 0 N–H and O–H groups in total. The third-order valence-corrected chi connectivity index (χ3v) is 9.23. The van der Waals surface area contributed by atoms with Crippen LogP contribution in [0.1, 0.15) is 43.9 Å². The van der Waals surface area contributed by atoms with E-state index in [4.69, 9.17) is 69.6 Å². The van der Waals surface area contributed by atoms with Gasteiger partial charge in [0.15, 0.2) is 0 Å². The Bertz CT molecular complexity index is 1430. The van der Waals surface area contributed by atoms with Gasteiger partial charge in [0.05, 0.1) is 10.5 Å². The summed E-state index contributed by atoms with van der Waals surface area (Å²) >= 11 is 40.4. The SMILES string of the molecule is Cc1ccc(C(/C=C\c2ccc(Cl)cc2Cl)SC(/C=C\c2ccc(Cl)cc2Cl)c2ccc(C)cc2Cl)c(Cl)c1. The minimum Gasteiger partial charge on any atom is -0.137 e. The van der Waals surface area contributed by atoms with Gasteiger partial charge < -0.3 is 0 Å². The van der Waals surface area contributed by atoms with Gasteiger partial charge in [-0.2, -0.15) is 0 Å². The van der Waals surface area contributed by atoms with Gasteiger partial charge in [0.2, 0.25) is 0 Å². The van der Waals surface area contributed by atoms with E-state index in [0.29, 0.717) is 30.1 Å². The standard InChI is InChI=1S/C32H24Cl6S/c1-19-3-11-25(29(37)15-19)31(13-7-21-5-9-23(33)17-27(21)35)39-32(26-12-4-20(2)16-30(26)38)14-8-22-6-10-24(34)18-28(22)36/h3-18,31-32H,1-2H3/b13-7-,14-8-. The van der Waals surface area contributed by atoms with Gasteiger partial charge in [-0.1, -0.05) is 130 Å². The molecule has 0 nitrogen and oxygen atoms in total. The highest BCUT2D eigenvalue weighted by Gasteiger charge is 2.21. The van der Waals surface area contributed by atoms with Gasteiger partial charge in [-0.05, 0) is 83.6 Å². The molecule has 0 radical (unpaired) electrons. The maximum Gasteiger partial charge on any atom is 0.0504 e. The van der Waals surface area contributed by atoms with Crippen LogP contribution in [0, 0.1) is 13.8 Å². The van der Waals surface area contributed by atoms with E-state index in [1.54, 1.807) is 23.9 Å². The molecule has 4 rings (SSSR count). The highest BCUT2D eigenvalue weighted by Crippen LogP contribution is 2.47. The molecule has 0 saturated carbocycles. The van der Waals surface area contributed by atoms with Crippen LogP contribution in [0.2, 0.25) is 30.1 Å². The van der Waals surface area contributed by atoms with E-state index >= 15 is 0 Å². The van der Waals surface area contributed by atoms with Crippen molar-refractivity contribution in [2.45, 2.75) is 24.3 Å². The lowest BCUT2D eigenvalue weighted by Crippen LogP contribution is -1.99. The normalized spacial score (nSPS) is 13.3. The van der Waals surface area contributed by atoms with E-state index < -0.39 is 0 Å². The minimum absolute atomic E-state index is 0.127. The summed E-state index contributed by atoms with van der Waals surface area (Å²) in [5.41, 5.74) is 5.88. The molecule has 0 aliphatic rings. The quantitative estimate of drug-likeness (QED) is 0.182. The number of hydrogen-bond acceptors (Lipinski definition) is 1. The van der Waals surface area contributed by atoms with Crippen LogP contribution in [0.5, 0.6) is 0 Å². The molecule has 0 bridgehead atoms. The first-order valence-corrected chi connectivity index (χ1v) is 15.3. The van der Waals surface area contributed by atoms with Crippen molar-refractivity contribution in [3.8, 4) is 0 Å². The maximum atomic E-state index is 6.78. The lowest BCUT2D eigenvalue weighted by molar-refractivity contribution is 1.16. The Balaban J connectivity index is 1.78. The Morgan fingerprint density at radius 2 is 0.923 bits per heavy atom. The van der Waals surface area contributed by atoms with Crippen molar-refractivity contribution in [3.05, 3.63) is 148 Å². The van der Waals surface area contributed by atoms with Crippen LogP contribution in [0.25, 0.3) is 12.2 Å². The third-order valence-electron chi connectivity index (χ3n) is 6.04. The minimum atomic E-state index is -0.127. The van der Waals surface area contributed by atoms with E-state index in [1.165, 1.54) is 0 Å². The Morgan fingerprint density at radius 3 is 1.28 bits per heavy atom. The first-order chi connectivity index (χ1) is 18.6. The lowest BCUT2D eigenvalue weighted by atomic mass is 10.1. The molecule has 39 heavy (non-hydrogen) atoms. The predicted octanol–water partition coefficient (Wildman–Crippen LogP) is 13.2. The van der Waals surface area contributed by atoms with Gasteiger partial charge in [0, 0.05) is 30.1 Å². The molecule has 0 aliphatic carbocycles. The summed E-state index contributed by atoms with van der Waals surface area (Å²) in [6.07, 6.45) is 8.21. The first kappa shape index (κ1) is 30.4. The molecular formula is C32H24Cl6S. The van der Waals surface area contributed by atoms with Crippen molar-refractivity contribution < 1.29 is 0 Å². The molecule has 0 aliphatic heterocycles. The van der Waals surface area contributed by atoms with Gasteiger partial charge in [-0.25, -0.2) is 0 Å². The third kappa shape index (κ3) is 8.24. The van der Waals surface area contributed by atoms with Crippen LogP contribution in [0.4, 0.5) is 0 Å². The molecule has 4 aromatic rings. The summed E-state index contributed by atoms with van der Waals surface area (Å²) in [4.78, 5) is 0. The number of halogens is 6. The average molecular weight is 653 g/mol. The van der Waals surface area contributed by atoms with E-state index in [0.717, 1.165) is 33.4 Å². The van der Waals surface area contributed by atoms with Gasteiger partial charge >= 0.3 is 0 Å². The fourth-order valence-corrected chi connectivity index (χ4v) is 7.12. The molecule has 0 heterocycles. The van der Waals surface area contributed by atoms with Gasteiger partial charge in [-0.15, -0.1) is 11.8 Å². The monoisotopic (exact) mass is 650 g/mol. The summed E-state index contributed by atoms with van der Waals surface area (Å²) in [6, 6.07) is 23.1. The van der Waals surface area contributed by atoms with Crippen LogP contribution in [-0.2, 0) is 0 Å². The van der Waals surface area contributed by atoms with Crippen LogP contribution in [0.15, 0.2) is 84.9 Å². The topological polar surface area (TPSA) is 0 Å². The summed E-state index contributed by atoms with van der Waals surface area (Å²) in [6.45, 7) is 4.04. The van der Waals surface area contributed by atoms with Crippen molar-refractivity contribution in [2.24, 2.45) is 0 Å².